The van der Waals surface area contributed by atoms with Gasteiger partial charge in [0.25, 0.3) is 0 Å². The summed E-state index contributed by atoms with van der Waals surface area (Å²) in [6.45, 7) is 6.31. The van der Waals surface area contributed by atoms with Gasteiger partial charge in [0.05, 0.1) is 28.7 Å². The van der Waals surface area contributed by atoms with Crippen LogP contribution in [-0.2, 0) is 4.74 Å². The maximum atomic E-state index is 12.4. The van der Waals surface area contributed by atoms with Gasteiger partial charge >= 0.3 is 6.09 Å². The van der Waals surface area contributed by atoms with E-state index >= 15 is 0 Å². The molecule has 0 spiro atoms. The van der Waals surface area contributed by atoms with Crippen LogP contribution >= 0.6 is 15.9 Å². The first kappa shape index (κ1) is 17.1. The fraction of sp³-hybridized carbons (Fsp3) is 0.529. The van der Waals surface area contributed by atoms with Gasteiger partial charge in [0, 0.05) is 12.6 Å². The zero-order chi connectivity index (χ0) is 17.5. The molecule has 6 nitrogen and oxygen atoms in total. The molecule has 2 heterocycles. The van der Waals surface area contributed by atoms with E-state index in [4.69, 9.17) is 9.47 Å². The molecule has 1 aliphatic heterocycles. The first-order valence-corrected chi connectivity index (χ1v) is 8.80. The maximum absolute atomic E-state index is 12.4. The number of aromatic nitrogens is 2. The normalized spacial score (nSPS) is 18.2. The Hall–Kier alpha value is -1.76. The molecule has 1 aromatic heterocycles. The third-order valence-corrected chi connectivity index (χ3v) is 4.59. The monoisotopic (exact) mass is 395 g/mol. The Kier molecular flexibility index (Phi) is 4.46. The van der Waals surface area contributed by atoms with Crippen molar-refractivity contribution in [2.75, 3.05) is 13.7 Å². The van der Waals surface area contributed by atoms with Crippen molar-refractivity contribution in [1.29, 1.82) is 0 Å². The van der Waals surface area contributed by atoms with E-state index in [0.29, 0.717) is 6.54 Å². The predicted octanol–water partition coefficient (Wildman–Crippen LogP) is 4.41. The number of benzene rings is 1. The summed E-state index contributed by atoms with van der Waals surface area (Å²) in [5, 5.41) is 0. The molecule has 2 aromatic rings. The van der Waals surface area contributed by atoms with Crippen LogP contribution in [0.3, 0.4) is 0 Å². The second kappa shape index (κ2) is 6.27. The zero-order valence-electron chi connectivity index (χ0n) is 14.4. The quantitative estimate of drug-likeness (QED) is 0.817. The molecule has 1 aromatic carbocycles. The number of methoxy groups -OCH3 is 1. The number of ether oxygens (including phenoxy) is 2. The molecule has 1 atom stereocenters. The Morgan fingerprint density at radius 2 is 2.17 bits per heavy atom. The number of hydrogen-bond donors (Lipinski definition) is 1. The van der Waals surface area contributed by atoms with Gasteiger partial charge in [-0.2, -0.15) is 0 Å². The molecule has 1 N–H and O–H groups in total. The van der Waals surface area contributed by atoms with Crippen LogP contribution in [-0.4, -0.2) is 40.2 Å². The lowest BCUT2D eigenvalue weighted by Crippen LogP contribution is -2.36. The van der Waals surface area contributed by atoms with Gasteiger partial charge in [-0.05, 0) is 55.6 Å². The molecule has 0 unspecified atom stereocenters. The van der Waals surface area contributed by atoms with Gasteiger partial charge in [-0.15, -0.1) is 0 Å². The van der Waals surface area contributed by atoms with Crippen LogP contribution in [0.5, 0.6) is 5.75 Å². The Bertz CT molecular complexity index is 766. The lowest BCUT2D eigenvalue weighted by atomic mass is 10.2. The van der Waals surface area contributed by atoms with Crippen LogP contribution in [0.4, 0.5) is 4.79 Å². The lowest BCUT2D eigenvalue weighted by molar-refractivity contribution is 0.0219. The number of fused-ring (bicyclic) bond motifs is 1. The molecule has 3 rings (SSSR count). The summed E-state index contributed by atoms with van der Waals surface area (Å²) in [4.78, 5) is 22.2. The summed E-state index contributed by atoms with van der Waals surface area (Å²) in [5.41, 5.74) is 1.23. The van der Waals surface area contributed by atoms with Crippen molar-refractivity contribution < 1.29 is 14.3 Å². The van der Waals surface area contributed by atoms with E-state index in [-0.39, 0.29) is 12.1 Å². The second-order valence-electron chi connectivity index (χ2n) is 6.96. The summed E-state index contributed by atoms with van der Waals surface area (Å²) in [6.07, 6.45) is 1.52. The lowest BCUT2D eigenvalue weighted by Gasteiger charge is -2.27. The van der Waals surface area contributed by atoms with Crippen LogP contribution in [0.2, 0.25) is 0 Å². The van der Waals surface area contributed by atoms with Crippen molar-refractivity contribution in [2.45, 2.75) is 45.3 Å². The van der Waals surface area contributed by atoms with Crippen molar-refractivity contribution >= 4 is 33.1 Å². The third kappa shape index (κ3) is 3.36. The van der Waals surface area contributed by atoms with Crippen molar-refractivity contribution in [3.8, 4) is 5.75 Å². The molecule has 1 aliphatic rings. The Morgan fingerprint density at radius 3 is 2.83 bits per heavy atom. The summed E-state index contributed by atoms with van der Waals surface area (Å²) < 4.78 is 11.7. The van der Waals surface area contributed by atoms with Crippen molar-refractivity contribution in [3.05, 3.63) is 22.4 Å². The fourth-order valence-corrected chi connectivity index (χ4v) is 3.44. The largest absolute Gasteiger partial charge is 0.495 e. The van der Waals surface area contributed by atoms with Crippen molar-refractivity contribution in [1.82, 2.24) is 14.9 Å². The highest BCUT2D eigenvalue weighted by Crippen LogP contribution is 2.35. The minimum absolute atomic E-state index is 0.0861. The average molecular weight is 396 g/mol. The molecule has 7 heteroatoms. The molecule has 1 amide bonds. The molecular formula is C17H22BrN3O3. The van der Waals surface area contributed by atoms with Gasteiger partial charge in [-0.25, -0.2) is 9.78 Å². The number of rotatable bonds is 2. The number of aromatic amines is 1. The van der Waals surface area contributed by atoms with Crippen LogP contribution in [0.1, 0.15) is 45.5 Å². The van der Waals surface area contributed by atoms with Crippen LogP contribution < -0.4 is 4.74 Å². The number of carbonyl (C=O) groups excluding carboxylic acids is 1. The topological polar surface area (TPSA) is 67.4 Å². The fourth-order valence-electron chi connectivity index (χ4n) is 2.94. The summed E-state index contributed by atoms with van der Waals surface area (Å²) in [6, 6.07) is 3.74. The number of likely N-dealkylation sites (tertiary alicyclic amines) is 1. The SMILES string of the molecule is COc1cc2nc([C@@H]3CCCN3C(=O)OC(C)(C)C)[nH]c2cc1Br. The Labute approximate surface area is 149 Å². The number of hydrogen-bond acceptors (Lipinski definition) is 4. The van der Waals surface area contributed by atoms with E-state index in [1.807, 2.05) is 32.9 Å². The zero-order valence-corrected chi connectivity index (χ0v) is 15.9. The molecular weight excluding hydrogens is 374 g/mol. The molecule has 0 radical (unpaired) electrons. The number of carbonyl (C=O) groups is 1. The highest BCUT2D eigenvalue weighted by molar-refractivity contribution is 9.10. The summed E-state index contributed by atoms with van der Waals surface area (Å²) >= 11 is 3.48. The average Bonchev–Trinajstić information content (AvgIpc) is 3.10. The number of imidazole rings is 1. The minimum atomic E-state index is -0.504. The van der Waals surface area contributed by atoms with E-state index in [9.17, 15) is 4.79 Å². The number of amides is 1. The number of nitrogens with one attached hydrogen (secondary N) is 1. The standard InChI is InChI=1S/C17H22BrN3O3/c1-17(2,3)24-16(22)21-7-5-6-13(21)15-19-11-8-10(18)14(23-4)9-12(11)20-15/h8-9,13H,5-7H2,1-4H3,(H,19,20)/t13-/m0/s1. The van der Waals surface area contributed by atoms with Gasteiger partial charge in [0.15, 0.2) is 0 Å². The van der Waals surface area contributed by atoms with Gasteiger partial charge < -0.3 is 14.5 Å². The minimum Gasteiger partial charge on any atom is -0.495 e. The predicted molar refractivity (Wildman–Crippen MR) is 95.3 cm³/mol. The molecule has 24 heavy (non-hydrogen) atoms. The summed E-state index contributed by atoms with van der Waals surface area (Å²) in [5.74, 6) is 1.52. The van der Waals surface area contributed by atoms with E-state index in [1.54, 1.807) is 12.0 Å². The molecule has 1 saturated heterocycles. The highest BCUT2D eigenvalue weighted by Gasteiger charge is 2.35. The van der Waals surface area contributed by atoms with Gasteiger partial charge in [0.2, 0.25) is 0 Å². The number of nitrogens with zero attached hydrogens (tertiary/aromatic N) is 2. The van der Waals surface area contributed by atoms with E-state index < -0.39 is 5.60 Å². The molecule has 0 aliphatic carbocycles. The van der Waals surface area contributed by atoms with Crippen LogP contribution in [0.25, 0.3) is 11.0 Å². The summed E-state index contributed by atoms with van der Waals surface area (Å²) in [7, 11) is 1.63. The molecule has 130 valence electrons. The van der Waals surface area contributed by atoms with Crippen LogP contribution in [0.15, 0.2) is 16.6 Å². The molecule has 0 bridgehead atoms. The highest BCUT2D eigenvalue weighted by atomic mass is 79.9. The van der Waals surface area contributed by atoms with Gasteiger partial charge in [-0.3, -0.25) is 4.90 Å². The Balaban J connectivity index is 1.89. The van der Waals surface area contributed by atoms with E-state index in [1.165, 1.54) is 0 Å². The second-order valence-corrected chi connectivity index (χ2v) is 7.81. The third-order valence-electron chi connectivity index (χ3n) is 3.97. The first-order valence-electron chi connectivity index (χ1n) is 8.01. The van der Waals surface area contributed by atoms with Gasteiger partial charge in [-0.1, -0.05) is 0 Å². The van der Waals surface area contributed by atoms with Crippen molar-refractivity contribution in [3.63, 3.8) is 0 Å². The smallest absolute Gasteiger partial charge is 0.410 e. The number of H-pyrrole nitrogens is 1. The van der Waals surface area contributed by atoms with Gasteiger partial charge in [0.1, 0.15) is 17.2 Å². The maximum Gasteiger partial charge on any atom is 0.410 e. The number of halogens is 1. The first-order chi connectivity index (χ1) is 11.3. The van der Waals surface area contributed by atoms with E-state index in [0.717, 1.165) is 39.9 Å². The molecule has 1 fully saturated rings. The molecule has 0 saturated carbocycles. The Morgan fingerprint density at radius 1 is 1.42 bits per heavy atom. The van der Waals surface area contributed by atoms with Crippen LogP contribution in [0, 0.1) is 0 Å². The van der Waals surface area contributed by atoms with E-state index in [2.05, 4.69) is 25.9 Å². The van der Waals surface area contributed by atoms with Crippen molar-refractivity contribution in [2.24, 2.45) is 0 Å².